The van der Waals surface area contributed by atoms with Crippen LogP contribution in [0.2, 0.25) is 0 Å². The SMILES string of the molecule is CC(=N)/C=C(\N)Nc1cc(N2CCN(C(C)(C)C)CC2)nc(Sc2ccc(NC(=O)C3CCCC3)cc2)n1. The second-order valence-electron chi connectivity index (χ2n) is 11.0. The Morgan fingerprint density at radius 2 is 1.74 bits per heavy atom. The first-order valence-corrected chi connectivity index (χ1v) is 14.2. The van der Waals surface area contributed by atoms with Gasteiger partial charge in [-0.25, -0.2) is 9.97 Å². The highest BCUT2D eigenvalue weighted by Crippen LogP contribution is 2.31. The zero-order chi connectivity index (χ0) is 27.3. The Bertz CT molecular complexity index is 1160. The van der Waals surface area contributed by atoms with E-state index in [1.54, 1.807) is 13.0 Å². The van der Waals surface area contributed by atoms with Crippen molar-refractivity contribution in [1.29, 1.82) is 5.41 Å². The van der Waals surface area contributed by atoms with Gasteiger partial charge in [0, 0.05) is 60.0 Å². The van der Waals surface area contributed by atoms with Gasteiger partial charge in [-0.15, -0.1) is 0 Å². The lowest BCUT2D eigenvalue weighted by Crippen LogP contribution is -2.53. The number of amides is 1. The molecule has 2 aromatic rings. The first-order valence-electron chi connectivity index (χ1n) is 13.3. The largest absolute Gasteiger partial charge is 0.385 e. The van der Waals surface area contributed by atoms with Crippen LogP contribution >= 0.6 is 11.8 Å². The van der Waals surface area contributed by atoms with Gasteiger partial charge in [-0.3, -0.25) is 9.69 Å². The van der Waals surface area contributed by atoms with Crippen molar-refractivity contribution >= 4 is 40.7 Å². The molecule has 0 bridgehead atoms. The minimum Gasteiger partial charge on any atom is -0.385 e. The van der Waals surface area contributed by atoms with Gasteiger partial charge in [0.15, 0.2) is 5.16 Å². The number of hydrogen-bond acceptors (Lipinski definition) is 9. The van der Waals surface area contributed by atoms with E-state index >= 15 is 0 Å². The molecule has 1 aliphatic heterocycles. The average molecular weight is 537 g/mol. The predicted octanol–water partition coefficient (Wildman–Crippen LogP) is 4.93. The van der Waals surface area contributed by atoms with E-state index < -0.39 is 0 Å². The topological polar surface area (TPSA) is 123 Å². The van der Waals surface area contributed by atoms with Crippen molar-refractivity contribution in [3.8, 4) is 0 Å². The molecule has 204 valence electrons. The fraction of sp³-hybridized carbons (Fsp3) is 0.500. The summed E-state index contributed by atoms with van der Waals surface area (Å²) in [6.45, 7) is 12.1. The van der Waals surface area contributed by atoms with E-state index in [2.05, 4.69) is 41.2 Å². The summed E-state index contributed by atoms with van der Waals surface area (Å²) < 4.78 is 0. The third-order valence-corrected chi connectivity index (χ3v) is 7.82. The molecule has 1 aliphatic carbocycles. The molecule has 10 heteroatoms. The van der Waals surface area contributed by atoms with Gasteiger partial charge in [0.1, 0.15) is 17.5 Å². The molecule has 9 nitrogen and oxygen atoms in total. The van der Waals surface area contributed by atoms with Gasteiger partial charge in [0.05, 0.1) is 0 Å². The van der Waals surface area contributed by atoms with Gasteiger partial charge >= 0.3 is 0 Å². The predicted molar refractivity (Wildman–Crippen MR) is 156 cm³/mol. The van der Waals surface area contributed by atoms with Crippen molar-refractivity contribution in [2.75, 3.05) is 41.7 Å². The van der Waals surface area contributed by atoms with Crippen molar-refractivity contribution in [1.82, 2.24) is 14.9 Å². The molecule has 1 amide bonds. The molecule has 38 heavy (non-hydrogen) atoms. The molecular formula is C28H40N8OS. The monoisotopic (exact) mass is 536 g/mol. The smallest absolute Gasteiger partial charge is 0.227 e. The lowest BCUT2D eigenvalue weighted by atomic mass is 10.1. The highest BCUT2D eigenvalue weighted by atomic mass is 32.2. The molecule has 0 spiro atoms. The van der Waals surface area contributed by atoms with Crippen molar-refractivity contribution in [3.05, 3.63) is 42.2 Å². The van der Waals surface area contributed by atoms with Crippen LogP contribution in [0.1, 0.15) is 53.4 Å². The van der Waals surface area contributed by atoms with Gasteiger partial charge in [-0.05, 0) is 82.6 Å². The second-order valence-corrected chi connectivity index (χ2v) is 12.1. The summed E-state index contributed by atoms with van der Waals surface area (Å²) in [6, 6.07) is 9.73. The Labute approximate surface area is 230 Å². The molecule has 2 heterocycles. The maximum absolute atomic E-state index is 12.5. The summed E-state index contributed by atoms with van der Waals surface area (Å²) in [5.41, 5.74) is 7.39. The van der Waals surface area contributed by atoms with E-state index in [0.717, 1.165) is 68.3 Å². The molecular weight excluding hydrogens is 496 g/mol. The standard InChI is InChI=1S/C28H40N8OS/c1-19(29)17-23(30)32-24-18-25(35-13-15-36(16-14-35)28(2,3)4)34-27(33-24)38-22-11-9-21(10-12-22)31-26(37)20-7-5-6-8-20/h9-12,17-18,20,29H,5-8,13-16,30H2,1-4H3,(H,31,37)(H,32,33,34)/b23-17+,29-19?. The Hall–Kier alpha value is -3.11. The van der Waals surface area contributed by atoms with Gasteiger partial charge < -0.3 is 26.7 Å². The first kappa shape index (κ1) is 27.9. The quantitative estimate of drug-likeness (QED) is 0.277. The van der Waals surface area contributed by atoms with Gasteiger partial charge in [0.2, 0.25) is 5.91 Å². The van der Waals surface area contributed by atoms with Crippen molar-refractivity contribution in [2.24, 2.45) is 11.7 Å². The van der Waals surface area contributed by atoms with Gasteiger partial charge in [-0.2, -0.15) is 0 Å². The van der Waals surface area contributed by atoms with Crippen LogP contribution in [0.3, 0.4) is 0 Å². The number of piperazine rings is 1. The summed E-state index contributed by atoms with van der Waals surface area (Å²) >= 11 is 1.46. The van der Waals surface area contributed by atoms with Crippen LogP contribution in [-0.2, 0) is 4.79 Å². The van der Waals surface area contributed by atoms with Crippen LogP contribution in [0.25, 0.3) is 0 Å². The fourth-order valence-corrected chi connectivity index (χ4v) is 5.62. The Kier molecular flexibility index (Phi) is 8.94. The number of nitrogens with one attached hydrogen (secondary N) is 3. The van der Waals surface area contributed by atoms with E-state index in [4.69, 9.17) is 21.1 Å². The zero-order valence-corrected chi connectivity index (χ0v) is 23.7. The molecule has 1 aromatic heterocycles. The zero-order valence-electron chi connectivity index (χ0n) is 22.9. The number of nitrogens with zero attached hydrogens (tertiary/aromatic N) is 4. The molecule has 1 saturated carbocycles. The number of anilines is 3. The molecule has 2 fully saturated rings. The van der Waals surface area contributed by atoms with Crippen molar-refractivity contribution < 1.29 is 4.79 Å². The Morgan fingerprint density at radius 3 is 2.34 bits per heavy atom. The molecule has 1 saturated heterocycles. The van der Waals surface area contributed by atoms with E-state index in [9.17, 15) is 4.79 Å². The number of carbonyl (C=O) groups excluding carboxylic acids is 1. The fourth-order valence-electron chi connectivity index (χ4n) is 4.85. The summed E-state index contributed by atoms with van der Waals surface area (Å²) in [6.07, 6.45) is 5.80. The number of aromatic nitrogens is 2. The molecule has 5 N–H and O–H groups in total. The average Bonchev–Trinajstić information content (AvgIpc) is 3.39. The summed E-state index contributed by atoms with van der Waals surface area (Å²) in [7, 11) is 0. The lowest BCUT2D eigenvalue weighted by molar-refractivity contribution is -0.119. The maximum atomic E-state index is 12.5. The van der Waals surface area contributed by atoms with Crippen molar-refractivity contribution in [3.63, 3.8) is 0 Å². The highest BCUT2D eigenvalue weighted by Gasteiger charge is 2.27. The minimum absolute atomic E-state index is 0.118. The summed E-state index contributed by atoms with van der Waals surface area (Å²) in [4.78, 5) is 27.8. The van der Waals surface area contributed by atoms with Gasteiger partial charge in [0.25, 0.3) is 0 Å². The molecule has 1 aromatic carbocycles. The Morgan fingerprint density at radius 1 is 1.08 bits per heavy atom. The molecule has 0 unspecified atom stereocenters. The normalized spacial score (nSPS) is 17.5. The second kappa shape index (κ2) is 12.2. The number of allylic oxidation sites excluding steroid dienone is 1. The third-order valence-electron chi connectivity index (χ3n) is 6.95. The van der Waals surface area contributed by atoms with Crippen LogP contribution in [0.15, 0.2) is 52.3 Å². The van der Waals surface area contributed by atoms with Crippen LogP contribution in [-0.4, -0.2) is 58.2 Å². The molecule has 2 aliphatic rings. The van der Waals surface area contributed by atoms with Crippen molar-refractivity contribution in [2.45, 2.75) is 69.0 Å². The van der Waals surface area contributed by atoms with Crippen LogP contribution in [0, 0.1) is 11.3 Å². The minimum atomic E-state index is 0.118. The molecule has 4 rings (SSSR count). The highest BCUT2D eigenvalue weighted by molar-refractivity contribution is 7.99. The lowest BCUT2D eigenvalue weighted by Gasteiger charge is -2.42. The summed E-state index contributed by atoms with van der Waals surface area (Å²) in [5.74, 6) is 2.05. The van der Waals surface area contributed by atoms with Gasteiger partial charge in [-0.1, -0.05) is 12.8 Å². The molecule has 0 atom stereocenters. The van der Waals surface area contributed by atoms with Crippen LogP contribution < -0.4 is 21.3 Å². The number of rotatable bonds is 8. The maximum Gasteiger partial charge on any atom is 0.227 e. The number of hydrogen-bond donors (Lipinski definition) is 4. The number of carbonyl (C=O) groups is 1. The van der Waals surface area contributed by atoms with E-state index in [1.165, 1.54) is 11.8 Å². The summed E-state index contributed by atoms with van der Waals surface area (Å²) in [5, 5.41) is 14.5. The van der Waals surface area contributed by atoms with E-state index in [-0.39, 0.29) is 17.4 Å². The van der Waals surface area contributed by atoms with E-state index in [1.807, 2.05) is 30.3 Å². The van der Waals surface area contributed by atoms with Crippen LogP contribution in [0.5, 0.6) is 0 Å². The first-order chi connectivity index (χ1) is 18.1. The van der Waals surface area contributed by atoms with Crippen LogP contribution in [0.4, 0.5) is 17.3 Å². The number of nitrogens with two attached hydrogens (primary N) is 1. The van der Waals surface area contributed by atoms with E-state index in [0.29, 0.717) is 22.5 Å². The molecule has 0 radical (unpaired) electrons. The number of benzene rings is 1. The third kappa shape index (κ3) is 7.70. The Balaban J connectivity index is 1.50.